The van der Waals surface area contributed by atoms with Crippen LogP contribution >= 0.6 is 11.3 Å². The highest BCUT2D eigenvalue weighted by molar-refractivity contribution is 7.10. The summed E-state index contributed by atoms with van der Waals surface area (Å²) in [6, 6.07) is 9.43. The van der Waals surface area contributed by atoms with E-state index in [4.69, 9.17) is 0 Å². The van der Waals surface area contributed by atoms with Gasteiger partial charge in [0.15, 0.2) is 0 Å². The number of aliphatic hydroxyl groups excluding tert-OH is 1. The fraction of sp³-hybridized carbons (Fsp3) is 0.235. The number of aromatic amines is 1. The van der Waals surface area contributed by atoms with Gasteiger partial charge in [0.05, 0.1) is 11.1 Å². The molecule has 4 nitrogen and oxygen atoms in total. The van der Waals surface area contributed by atoms with Crippen molar-refractivity contribution >= 4 is 28.1 Å². The second-order valence-corrected chi connectivity index (χ2v) is 6.32. The van der Waals surface area contributed by atoms with E-state index in [1.54, 1.807) is 6.07 Å². The van der Waals surface area contributed by atoms with E-state index in [-0.39, 0.29) is 12.5 Å². The maximum Gasteiger partial charge on any atom is 0.253 e. The minimum atomic E-state index is -0.671. The molecule has 1 amide bonds. The molecule has 0 aliphatic heterocycles. The van der Waals surface area contributed by atoms with Crippen LogP contribution in [0.15, 0.2) is 35.7 Å². The first-order valence-electron chi connectivity index (χ1n) is 7.15. The molecule has 5 heteroatoms. The van der Waals surface area contributed by atoms with E-state index in [0.717, 1.165) is 27.0 Å². The third-order valence-electron chi connectivity index (χ3n) is 3.92. The summed E-state index contributed by atoms with van der Waals surface area (Å²) in [7, 11) is 0. The summed E-state index contributed by atoms with van der Waals surface area (Å²) in [6.07, 6.45) is -0.671. The lowest BCUT2D eigenvalue weighted by Crippen LogP contribution is -2.28. The zero-order chi connectivity index (χ0) is 15.7. The Balaban J connectivity index is 1.79. The smallest absolute Gasteiger partial charge is 0.253 e. The lowest BCUT2D eigenvalue weighted by atomic mass is 10.1. The van der Waals surface area contributed by atoms with E-state index in [1.807, 2.05) is 43.5 Å². The molecular weight excluding hydrogens is 296 g/mol. The molecule has 0 spiro atoms. The Hall–Kier alpha value is -2.11. The highest BCUT2D eigenvalue weighted by atomic mass is 32.1. The normalized spacial score (nSPS) is 12.5. The molecule has 0 radical (unpaired) electrons. The minimum Gasteiger partial charge on any atom is -0.386 e. The SMILES string of the molecule is Cc1[nH]c2c(C(=O)NC[C@@H](O)c3cccs3)cccc2c1C. The van der Waals surface area contributed by atoms with Crippen molar-refractivity contribution < 1.29 is 9.90 Å². The van der Waals surface area contributed by atoms with Crippen molar-refractivity contribution in [3.8, 4) is 0 Å². The molecule has 0 aliphatic carbocycles. The number of hydrogen-bond acceptors (Lipinski definition) is 3. The summed E-state index contributed by atoms with van der Waals surface area (Å²) in [5, 5.41) is 15.8. The van der Waals surface area contributed by atoms with E-state index in [0.29, 0.717) is 5.56 Å². The van der Waals surface area contributed by atoms with E-state index in [9.17, 15) is 9.90 Å². The maximum absolute atomic E-state index is 12.4. The van der Waals surface area contributed by atoms with Gasteiger partial charge in [-0.2, -0.15) is 0 Å². The molecule has 3 rings (SSSR count). The number of aryl methyl sites for hydroxylation is 2. The third kappa shape index (κ3) is 2.65. The molecule has 0 bridgehead atoms. The van der Waals surface area contributed by atoms with E-state index in [2.05, 4.69) is 10.3 Å². The lowest BCUT2D eigenvalue weighted by Gasteiger charge is -2.10. The number of nitrogens with one attached hydrogen (secondary N) is 2. The van der Waals surface area contributed by atoms with Gasteiger partial charge in [-0.05, 0) is 36.9 Å². The minimum absolute atomic E-state index is 0.178. The predicted octanol–water partition coefficient (Wildman–Crippen LogP) is 3.31. The molecule has 0 saturated heterocycles. The maximum atomic E-state index is 12.4. The van der Waals surface area contributed by atoms with Crippen LogP contribution in [0, 0.1) is 13.8 Å². The van der Waals surface area contributed by atoms with Crippen molar-refractivity contribution in [1.82, 2.24) is 10.3 Å². The van der Waals surface area contributed by atoms with Crippen molar-refractivity contribution in [1.29, 1.82) is 0 Å². The lowest BCUT2D eigenvalue weighted by molar-refractivity contribution is 0.0919. The fourth-order valence-electron chi connectivity index (χ4n) is 2.54. The van der Waals surface area contributed by atoms with Crippen LogP contribution in [0.1, 0.15) is 32.6 Å². The Morgan fingerprint density at radius 3 is 2.86 bits per heavy atom. The fourth-order valence-corrected chi connectivity index (χ4v) is 3.25. The molecule has 0 aliphatic rings. The molecule has 0 unspecified atom stereocenters. The first-order valence-corrected chi connectivity index (χ1v) is 8.03. The van der Waals surface area contributed by atoms with E-state index in [1.165, 1.54) is 11.3 Å². The van der Waals surface area contributed by atoms with Crippen LogP contribution in [0.3, 0.4) is 0 Å². The Bertz CT molecular complexity index is 806. The second kappa shape index (κ2) is 5.94. The van der Waals surface area contributed by atoms with Crippen molar-refractivity contribution in [3.05, 3.63) is 57.4 Å². The van der Waals surface area contributed by atoms with Crippen molar-refractivity contribution in [3.63, 3.8) is 0 Å². The van der Waals surface area contributed by atoms with Crippen molar-refractivity contribution in [2.75, 3.05) is 6.54 Å². The average molecular weight is 314 g/mol. The number of H-pyrrole nitrogens is 1. The summed E-state index contributed by atoms with van der Waals surface area (Å²) in [5.74, 6) is -0.178. The summed E-state index contributed by atoms with van der Waals surface area (Å²) < 4.78 is 0. The molecule has 3 aromatic rings. The number of rotatable bonds is 4. The highest BCUT2D eigenvalue weighted by Gasteiger charge is 2.15. The number of carbonyl (C=O) groups is 1. The molecule has 2 aromatic heterocycles. The Morgan fingerprint density at radius 1 is 1.32 bits per heavy atom. The monoisotopic (exact) mass is 314 g/mol. The first-order chi connectivity index (χ1) is 10.6. The third-order valence-corrected chi connectivity index (χ3v) is 4.89. The number of fused-ring (bicyclic) bond motifs is 1. The molecule has 1 aromatic carbocycles. The zero-order valence-electron chi connectivity index (χ0n) is 12.5. The number of hydrogen-bond donors (Lipinski definition) is 3. The van der Waals surface area contributed by atoms with Gasteiger partial charge in [0, 0.05) is 22.5 Å². The van der Waals surface area contributed by atoms with Crippen LogP contribution in [0.5, 0.6) is 0 Å². The second-order valence-electron chi connectivity index (χ2n) is 5.34. The van der Waals surface area contributed by atoms with Crippen LogP contribution in [0.2, 0.25) is 0 Å². The van der Waals surface area contributed by atoms with E-state index < -0.39 is 6.10 Å². The quantitative estimate of drug-likeness (QED) is 0.692. The topological polar surface area (TPSA) is 65.1 Å². The molecular formula is C17H18N2O2S. The Labute approximate surface area is 132 Å². The molecule has 2 heterocycles. The standard InChI is InChI=1S/C17H18N2O2S/c1-10-11(2)19-16-12(10)5-3-6-13(16)17(21)18-9-14(20)15-7-4-8-22-15/h3-8,14,19-20H,9H2,1-2H3,(H,18,21)/t14-/m1/s1. The van der Waals surface area contributed by atoms with Gasteiger partial charge in [0.25, 0.3) is 5.91 Å². The number of aromatic nitrogens is 1. The van der Waals surface area contributed by atoms with Crippen molar-refractivity contribution in [2.45, 2.75) is 20.0 Å². The number of aliphatic hydroxyl groups is 1. The zero-order valence-corrected chi connectivity index (χ0v) is 13.3. The number of carbonyl (C=O) groups excluding carboxylic acids is 1. The summed E-state index contributed by atoms with van der Waals surface area (Å²) in [4.78, 5) is 16.5. The molecule has 114 valence electrons. The van der Waals surface area contributed by atoms with Gasteiger partial charge in [0.1, 0.15) is 6.10 Å². The summed E-state index contributed by atoms with van der Waals surface area (Å²) in [6.45, 7) is 4.24. The summed E-state index contributed by atoms with van der Waals surface area (Å²) in [5.41, 5.74) is 3.67. The van der Waals surface area contributed by atoms with Gasteiger partial charge < -0.3 is 15.4 Å². The molecule has 0 fully saturated rings. The van der Waals surface area contributed by atoms with Gasteiger partial charge in [0.2, 0.25) is 0 Å². The number of benzene rings is 1. The number of para-hydroxylation sites is 1. The first kappa shape index (κ1) is 14.8. The van der Waals surface area contributed by atoms with Crippen LogP contribution in [-0.2, 0) is 0 Å². The van der Waals surface area contributed by atoms with Gasteiger partial charge in [-0.15, -0.1) is 11.3 Å². The van der Waals surface area contributed by atoms with Crippen molar-refractivity contribution in [2.24, 2.45) is 0 Å². The van der Waals surface area contributed by atoms with Crippen LogP contribution in [0.4, 0.5) is 0 Å². The predicted molar refractivity (Wildman–Crippen MR) is 89.4 cm³/mol. The molecule has 0 saturated carbocycles. The van der Waals surface area contributed by atoms with E-state index >= 15 is 0 Å². The van der Waals surface area contributed by atoms with Crippen LogP contribution < -0.4 is 5.32 Å². The van der Waals surface area contributed by atoms with Gasteiger partial charge in [-0.3, -0.25) is 4.79 Å². The number of amides is 1. The summed E-state index contributed by atoms with van der Waals surface area (Å²) >= 11 is 1.48. The number of thiophene rings is 1. The molecule has 22 heavy (non-hydrogen) atoms. The Morgan fingerprint density at radius 2 is 2.14 bits per heavy atom. The molecule has 1 atom stereocenters. The largest absolute Gasteiger partial charge is 0.386 e. The Kier molecular flexibility index (Phi) is 4.00. The van der Waals surface area contributed by atoms with Gasteiger partial charge in [-0.25, -0.2) is 0 Å². The average Bonchev–Trinajstić information content (AvgIpc) is 3.14. The van der Waals surface area contributed by atoms with Crippen LogP contribution in [0.25, 0.3) is 10.9 Å². The molecule has 3 N–H and O–H groups in total. The van der Waals surface area contributed by atoms with Crippen LogP contribution in [-0.4, -0.2) is 22.5 Å². The highest BCUT2D eigenvalue weighted by Crippen LogP contribution is 2.24. The van der Waals surface area contributed by atoms with Gasteiger partial charge >= 0.3 is 0 Å². The van der Waals surface area contributed by atoms with Gasteiger partial charge in [-0.1, -0.05) is 18.2 Å².